The fourth-order valence-electron chi connectivity index (χ4n) is 1.25. The maximum atomic E-state index is 13.1. The number of ether oxygens (including phenoxy) is 1. The lowest BCUT2D eigenvalue weighted by molar-refractivity contribution is 0.283. The standard InChI is InChI=1S/C12H10FNO2/c13-12-11(6-10(15)7-14-12)16-8-9-4-2-1-3-5-9/h1-7,15H,8H2. The Bertz CT molecular complexity index is 474. The van der Waals surface area contributed by atoms with Crippen molar-refractivity contribution < 1.29 is 14.2 Å². The third kappa shape index (κ3) is 2.48. The summed E-state index contributed by atoms with van der Waals surface area (Å²) in [6.07, 6.45) is 1.03. The number of rotatable bonds is 3. The fraction of sp³-hybridized carbons (Fsp3) is 0.0833. The van der Waals surface area contributed by atoms with Gasteiger partial charge in [-0.3, -0.25) is 0 Å². The first-order valence-corrected chi connectivity index (χ1v) is 4.77. The number of aromatic hydroxyl groups is 1. The zero-order valence-corrected chi connectivity index (χ0v) is 8.43. The third-order valence-electron chi connectivity index (χ3n) is 2.03. The van der Waals surface area contributed by atoms with Gasteiger partial charge in [0.2, 0.25) is 0 Å². The van der Waals surface area contributed by atoms with E-state index >= 15 is 0 Å². The van der Waals surface area contributed by atoms with Crippen molar-refractivity contribution in [3.63, 3.8) is 0 Å². The largest absolute Gasteiger partial charge is 0.506 e. The Morgan fingerprint density at radius 3 is 2.75 bits per heavy atom. The molecule has 0 atom stereocenters. The molecule has 0 amide bonds. The number of nitrogens with zero attached hydrogens (tertiary/aromatic N) is 1. The summed E-state index contributed by atoms with van der Waals surface area (Å²) >= 11 is 0. The molecule has 0 aliphatic carbocycles. The molecule has 0 aliphatic rings. The van der Waals surface area contributed by atoms with Crippen LogP contribution in [0.3, 0.4) is 0 Å². The van der Waals surface area contributed by atoms with Crippen LogP contribution in [0.4, 0.5) is 4.39 Å². The minimum atomic E-state index is -0.728. The predicted molar refractivity (Wildman–Crippen MR) is 56.6 cm³/mol. The second kappa shape index (κ2) is 4.61. The summed E-state index contributed by atoms with van der Waals surface area (Å²) in [5.41, 5.74) is 0.922. The predicted octanol–water partition coefficient (Wildman–Crippen LogP) is 2.51. The topological polar surface area (TPSA) is 42.4 Å². The van der Waals surface area contributed by atoms with Crippen LogP contribution < -0.4 is 4.74 Å². The van der Waals surface area contributed by atoms with Crippen LogP contribution >= 0.6 is 0 Å². The van der Waals surface area contributed by atoms with Crippen molar-refractivity contribution in [1.82, 2.24) is 4.98 Å². The summed E-state index contributed by atoms with van der Waals surface area (Å²) in [5.74, 6) is -0.901. The zero-order chi connectivity index (χ0) is 11.4. The highest BCUT2D eigenvalue weighted by Crippen LogP contribution is 2.20. The normalized spacial score (nSPS) is 10.1. The van der Waals surface area contributed by atoms with Crippen LogP contribution in [-0.4, -0.2) is 10.1 Å². The van der Waals surface area contributed by atoms with Gasteiger partial charge in [-0.05, 0) is 5.56 Å². The van der Waals surface area contributed by atoms with Crippen molar-refractivity contribution in [1.29, 1.82) is 0 Å². The van der Waals surface area contributed by atoms with Crippen LogP contribution in [0, 0.1) is 5.95 Å². The molecule has 1 aromatic heterocycles. The molecule has 0 unspecified atom stereocenters. The van der Waals surface area contributed by atoms with Gasteiger partial charge in [-0.2, -0.15) is 4.39 Å². The Morgan fingerprint density at radius 2 is 2.00 bits per heavy atom. The molecular weight excluding hydrogens is 209 g/mol. The Kier molecular flexibility index (Phi) is 3.00. The van der Waals surface area contributed by atoms with Crippen molar-refractivity contribution in [3.05, 3.63) is 54.1 Å². The van der Waals surface area contributed by atoms with Gasteiger partial charge in [0, 0.05) is 6.07 Å². The van der Waals surface area contributed by atoms with E-state index in [1.54, 1.807) is 0 Å². The van der Waals surface area contributed by atoms with Gasteiger partial charge in [-0.15, -0.1) is 0 Å². The van der Waals surface area contributed by atoms with Gasteiger partial charge in [0.1, 0.15) is 12.4 Å². The lowest BCUT2D eigenvalue weighted by atomic mass is 10.2. The molecule has 0 radical (unpaired) electrons. The van der Waals surface area contributed by atoms with Crippen molar-refractivity contribution in [3.8, 4) is 11.5 Å². The van der Waals surface area contributed by atoms with Crippen LogP contribution in [0.25, 0.3) is 0 Å². The molecule has 0 bridgehead atoms. The third-order valence-corrected chi connectivity index (χ3v) is 2.03. The molecule has 16 heavy (non-hydrogen) atoms. The van der Waals surface area contributed by atoms with E-state index in [0.717, 1.165) is 11.8 Å². The number of pyridine rings is 1. The first kappa shape index (κ1) is 10.4. The second-order valence-corrected chi connectivity index (χ2v) is 3.26. The van der Waals surface area contributed by atoms with Crippen molar-refractivity contribution in [2.24, 2.45) is 0 Å². The van der Waals surface area contributed by atoms with Gasteiger partial charge in [0.25, 0.3) is 5.95 Å². The molecule has 1 aromatic carbocycles. The second-order valence-electron chi connectivity index (χ2n) is 3.26. The minimum absolute atomic E-state index is 0.0520. The van der Waals surface area contributed by atoms with Crippen LogP contribution in [-0.2, 0) is 6.61 Å². The molecule has 3 nitrogen and oxygen atoms in total. The summed E-state index contributed by atoms with van der Waals surface area (Å²) in [6.45, 7) is 0.239. The van der Waals surface area contributed by atoms with Gasteiger partial charge < -0.3 is 9.84 Å². The van der Waals surface area contributed by atoms with E-state index in [1.165, 1.54) is 6.07 Å². The van der Waals surface area contributed by atoms with E-state index in [1.807, 2.05) is 30.3 Å². The molecule has 0 saturated carbocycles. The van der Waals surface area contributed by atoms with Crippen LogP contribution in [0.2, 0.25) is 0 Å². The fourth-order valence-corrected chi connectivity index (χ4v) is 1.25. The average molecular weight is 219 g/mol. The van der Waals surface area contributed by atoms with Gasteiger partial charge in [0.15, 0.2) is 5.75 Å². The highest BCUT2D eigenvalue weighted by molar-refractivity contribution is 5.28. The van der Waals surface area contributed by atoms with Crippen molar-refractivity contribution >= 4 is 0 Å². The molecular formula is C12H10FNO2. The van der Waals surface area contributed by atoms with E-state index in [2.05, 4.69) is 4.98 Å². The summed E-state index contributed by atoms with van der Waals surface area (Å²) in [7, 11) is 0. The summed E-state index contributed by atoms with van der Waals surface area (Å²) in [4.78, 5) is 3.35. The lowest BCUT2D eigenvalue weighted by Crippen LogP contribution is -1.98. The Balaban J connectivity index is 2.08. The van der Waals surface area contributed by atoms with Gasteiger partial charge >= 0.3 is 0 Å². The Morgan fingerprint density at radius 1 is 1.25 bits per heavy atom. The van der Waals surface area contributed by atoms with Gasteiger partial charge in [-0.25, -0.2) is 4.98 Å². The molecule has 0 saturated heterocycles. The Labute approximate surface area is 92.1 Å². The summed E-state index contributed by atoms with van der Waals surface area (Å²) < 4.78 is 18.3. The molecule has 4 heteroatoms. The van der Waals surface area contributed by atoms with Crippen LogP contribution in [0.15, 0.2) is 42.6 Å². The van der Waals surface area contributed by atoms with Crippen molar-refractivity contribution in [2.45, 2.75) is 6.61 Å². The van der Waals surface area contributed by atoms with Gasteiger partial charge in [-0.1, -0.05) is 30.3 Å². The minimum Gasteiger partial charge on any atom is -0.506 e. The first-order valence-electron chi connectivity index (χ1n) is 4.77. The molecule has 1 N–H and O–H groups in total. The smallest absolute Gasteiger partial charge is 0.255 e. The molecule has 2 aromatic rings. The van der Waals surface area contributed by atoms with E-state index in [0.29, 0.717) is 0 Å². The number of hydrogen-bond donors (Lipinski definition) is 1. The molecule has 1 heterocycles. The molecule has 0 spiro atoms. The van der Waals surface area contributed by atoms with E-state index in [9.17, 15) is 4.39 Å². The number of halogens is 1. The molecule has 0 fully saturated rings. The highest BCUT2D eigenvalue weighted by atomic mass is 19.1. The van der Waals surface area contributed by atoms with Crippen LogP contribution in [0.1, 0.15) is 5.56 Å². The molecule has 0 aliphatic heterocycles. The maximum Gasteiger partial charge on any atom is 0.255 e. The number of aromatic nitrogens is 1. The summed E-state index contributed by atoms with van der Waals surface area (Å²) in [5, 5.41) is 9.13. The SMILES string of the molecule is Oc1cnc(F)c(OCc2ccccc2)c1. The van der Waals surface area contributed by atoms with Crippen LogP contribution in [0.5, 0.6) is 11.5 Å². The summed E-state index contributed by atoms with van der Waals surface area (Å²) in [6, 6.07) is 10.6. The van der Waals surface area contributed by atoms with E-state index < -0.39 is 5.95 Å². The van der Waals surface area contributed by atoms with E-state index in [-0.39, 0.29) is 18.1 Å². The average Bonchev–Trinajstić information content (AvgIpc) is 2.32. The molecule has 82 valence electrons. The maximum absolute atomic E-state index is 13.1. The Hall–Kier alpha value is -2.10. The zero-order valence-electron chi connectivity index (χ0n) is 8.43. The first-order chi connectivity index (χ1) is 7.75. The number of benzene rings is 1. The number of hydrogen-bond acceptors (Lipinski definition) is 3. The highest BCUT2D eigenvalue weighted by Gasteiger charge is 2.05. The van der Waals surface area contributed by atoms with E-state index in [4.69, 9.17) is 9.84 Å². The quantitative estimate of drug-likeness (QED) is 0.806. The monoisotopic (exact) mass is 219 g/mol. The van der Waals surface area contributed by atoms with Gasteiger partial charge in [0.05, 0.1) is 6.20 Å². The molecule has 2 rings (SSSR count). The lowest BCUT2D eigenvalue weighted by Gasteiger charge is -2.06. The van der Waals surface area contributed by atoms with Crippen molar-refractivity contribution in [2.75, 3.05) is 0 Å².